The Labute approximate surface area is 213 Å². The van der Waals surface area contributed by atoms with Crippen molar-refractivity contribution in [2.24, 2.45) is 0 Å². The summed E-state index contributed by atoms with van der Waals surface area (Å²) in [6.07, 6.45) is 7.40. The SMILES string of the molecule is CCOc1ccccc1C=CC(=O)Nc1sc2c(c1C#N)CCC(OC(=O)NCc1cccnc1)C2. The lowest BCUT2D eigenvalue weighted by molar-refractivity contribution is -0.111. The van der Waals surface area contributed by atoms with Crippen molar-refractivity contribution in [1.29, 1.82) is 5.26 Å². The number of benzene rings is 1. The highest BCUT2D eigenvalue weighted by Crippen LogP contribution is 2.38. The van der Waals surface area contributed by atoms with Crippen LogP contribution in [0.2, 0.25) is 0 Å². The fourth-order valence-corrected chi connectivity index (χ4v) is 5.22. The number of nitrogens with zero attached hydrogens (tertiary/aromatic N) is 2. The van der Waals surface area contributed by atoms with Crippen LogP contribution in [-0.4, -0.2) is 29.7 Å². The summed E-state index contributed by atoms with van der Waals surface area (Å²) in [5.41, 5.74) is 3.07. The first-order chi connectivity index (χ1) is 17.6. The minimum Gasteiger partial charge on any atom is -0.493 e. The molecule has 0 aliphatic heterocycles. The lowest BCUT2D eigenvalue weighted by Crippen LogP contribution is -2.31. The van der Waals surface area contributed by atoms with Gasteiger partial charge in [-0.1, -0.05) is 24.3 Å². The number of nitrogens with one attached hydrogen (secondary N) is 2. The number of thiophene rings is 1. The lowest BCUT2D eigenvalue weighted by atomic mass is 9.94. The maximum Gasteiger partial charge on any atom is 0.407 e. The van der Waals surface area contributed by atoms with Crippen LogP contribution in [0.15, 0.2) is 54.9 Å². The van der Waals surface area contributed by atoms with Gasteiger partial charge >= 0.3 is 6.09 Å². The molecule has 0 saturated heterocycles. The third-order valence-electron chi connectivity index (χ3n) is 5.64. The quantitative estimate of drug-likeness (QED) is 0.426. The van der Waals surface area contributed by atoms with Crippen molar-refractivity contribution in [3.8, 4) is 11.8 Å². The van der Waals surface area contributed by atoms with E-state index in [2.05, 4.69) is 21.7 Å². The Bertz CT molecular complexity index is 1300. The molecule has 1 aliphatic carbocycles. The van der Waals surface area contributed by atoms with Crippen molar-refractivity contribution in [1.82, 2.24) is 10.3 Å². The first-order valence-electron chi connectivity index (χ1n) is 11.7. The summed E-state index contributed by atoms with van der Waals surface area (Å²) in [5.74, 6) is 0.364. The number of amides is 2. The lowest BCUT2D eigenvalue weighted by Gasteiger charge is -2.22. The third-order valence-corrected chi connectivity index (χ3v) is 6.80. The normalized spacial score (nSPS) is 14.5. The van der Waals surface area contributed by atoms with Gasteiger partial charge in [0.2, 0.25) is 5.91 Å². The first-order valence-corrected chi connectivity index (χ1v) is 12.5. The Morgan fingerprint density at radius 2 is 2.14 bits per heavy atom. The van der Waals surface area contributed by atoms with E-state index >= 15 is 0 Å². The van der Waals surface area contributed by atoms with Gasteiger partial charge in [-0.3, -0.25) is 9.78 Å². The Kier molecular flexibility index (Phi) is 8.32. The highest BCUT2D eigenvalue weighted by Gasteiger charge is 2.28. The number of ether oxygens (including phenoxy) is 2. The van der Waals surface area contributed by atoms with E-state index in [1.807, 2.05) is 37.3 Å². The molecule has 0 spiro atoms. The van der Waals surface area contributed by atoms with Crippen LogP contribution in [0.1, 0.15) is 40.5 Å². The number of hydrogen-bond acceptors (Lipinski definition) is 7. The third kappa shape index (κ3) is 6.29. The largest absolute Gasteiger partial charge is 0.493 e. The summed E-state index contributed by atoms with van der Waals surface area (Å²) in [6.45, 7) is 2.76. The van der Waals surface area contributed by atoms with Gasteiger partial charge in [-0.2, -0.15) is 5.26 Å². The predicted molar refractivity (Wildman–Crippen MR) is 138 cm³/mol. The number of aromatic nitrogens is 1. The van der Waals surface area contributed by atoms with E-state index in [9.17, 15) is 14.9 Å². The van der Waals surface area contributed by atoms with Crippen molar-refractivity contribution in [2.75, 3.05) is 11.9 Å². The zero-order valence-electron chi connectivity index (χ0n) is 19.8. The van der Waals surface area contributed by atoms with Crippen LogP contribution in [0.25, 0.3) is 6.08 Å². The summed E-state index contributed by atoms with van der Waals surface area (Å²) in [6, 6.07) is 13.4. The second-order valence-electron chi connectivity index (χ2n) is 8.10. The second-order valence-corrected chi connectivity index (χ2v) is 9.20. The number of alkyl carbamates (subject to hydrolysis) is 1. The molecule has 0 saturated carbocycles. The smallest absolute Gasteiger partial charge is 0.407 e. The van der Waals surface area contributed by atoms with Crippen molar-refractivity contribution in [2.45, 2.75) is 38.8 Å². The number of nitriles is 1. The van der Waals surface area contributed by atoms with E-state index in [1.165, 1.54) is 17.4 Å². The molecule has 9 heteroatoms. The van der Waals surface area contributed by atoms with Crippen molar-refractivity contribution >= 4 is 34.4 Å². The molecule has 2 aromatic heterocycles. The molecule has 2 amide bonds. The Balaban J connectivity index is 1.37. The molecule has 1 unspecified atom stereocenters. The van der Waals surface area contributed by atoms with Gasteiger partial charge in [-0.25, -0.2) is 4.79 Å². The van der Waals surface area contributed by atoms with E-state index < -0.39 is 6.09 Å². The summed E-state index contributed by atoms with van der Waals surface area (Å²) >= 11 is 1.36. The van der Waals surface area contributed by atoms with Crippen molar-refractivity contribution in [3.05, 3.63) is 82.0 Å². The molecule has 8 nitrogen and oxygen atoms in total. The number of carbonyl (C=O) groups is 2. The molecule has 1 aliphatic rings. The number of fused-ring (bicyclic) bond motifs is 1. The summed E-state index contributed by atoms with van der Waals surface area (Å²) in [7, 11) is 0. The fraction of sp³-hybridized carbons (Fsp3) is 0.259. The topological polar surface area (TPSA) is 113 Å². The second kappa shape index (κ2) is 12.0. The number of hydrogen-bond donors (Lipinski definition) is 2. The maximum absolute atomic E-state index is 12.6. The molecule has 1 atom stereocenters. The van der Waals surface area contributed by atoms with E-state index in [1.54, 1.807) is 24.5 Å². The number of carbonyl (C=O) groups excluding carboxylic acids is 2. The van der Waals surface area contributed by atoms with Gasteiger partial charge in [0.15, 0.2) is 0 Å². The van der Waals surface area contributed by atoms with Gasteiger partial charge in [0.25, 0.3) is 0 Å². The van der Waals surface area contributed by atoms with Crippen LogP contribution < -0.4 is 15.4 Å². The zero-order chi connectivity index (χ0) is 25.3. The molecule has 3 aromatic rings. The minimum atomic E-state index is -0.490. The van der Waals surface area contributed by atoms with Gasteiger partial charge < -0.3 is 20.1 Å². The molecule has 0 fully saturated rings. The molecular formula is C27H26N4O4S. The maximum atomic E-state index is 12.6. The summed E-state index contributed by atoms with van der Waals surface area (Å²) in [4.78, 5) is 29.8. The molecule has 0 radical (unpaired) electrons. The molecule has 184 valence electrons. The van der Waals surface area contributed by atoms with Crippen molar-refractivity contribution in [3.63, 3.8) is 0 Å². The summed E-state index contributed by atoms with van der Waals surface area (Å²) < 4.78 is 11.2. The zero-order valence-corrected chi connectivity index (χ0v) is 20.6. The highest BCUT2D eigenvalue weighted by atomic mass is 32.1. The van der Waals surface area contributed by atoms with Crippen LogP contribution >= 0.6 is 11.3 Å². The number of rotatable bonds is 8. The van der Waals surface area contributed by atoms with E-state index in [0.717, 1.165) is 21.6 Å². The van der Waals surface area contributed by atoms with Gasteiger partial charge in [0.1, 0.15) is 22.9 Å². The van der Waals surface area contributed by atoms with Gasteiger partial charge in [0.05, 0.1) is 12.2 Å². The number of para-hydroxylation sites is 1. The van der Waals surface area contributed by atoms with Crippen molar-refractivity contribution < 1.29 is 19.1 Å². The monoisotopic (exact) mass is 502 g/mol. The van der Waals surface area contributed by atoms with Gasteiger partial charge in [0, 0.05) is 41.9 Å². The average molecular weight is 503 g/mol. The van der Waals surface area contributed by atoms with Gasteiger partial charge in [-0.05, 0) is 49.1 Å². The predicted octanol–water partition coefficient (Wildman–Crippen LogP) is 4.85. The first kappa shape index (κ1) is 24.9. The molecule has 0 bridgehead atoms. The Morgan fingerprint density at radius 1 is 1.28 bits per heavy atom. The molecule has 4 rings (SSSR count). The van der Waals surface area contributed by atoms with Gasteiger partial charge in [-0.15, -0.1) is 11.3 Å². The van der Waals surface area contributed by atoms with Crippen LogP contribution in [0.3, 0.4) is 0 Å². The molecular weight excluding hydrogens is 476 g/mol. The van der Waals surface area contributed by atoms with Crippen LogP contribution in [0.4, 0.5) is 9.80 Å². The molecule has 2 heterocycles. The van der Waals surface area contributed by atoms with E-state index in [-0.39, 0.29) is 12.0 Å². The highest BCUT2D eigenvalue weighted by molar-refractivity contribution is 7.16. The molecule has 2 N–H and O–H groups in total. The van der Waals surface area contributed by atoms with Crippen LogP contribution in [-0.2, 0) is 28.9 Å². The van der Waals surface area contributed by atoms with E-state index in [0.29, 0.717) is 48.7 Å². The Hall–Kier alpha value is -4.16. The van der Waals surface area contributed by atoms with Crippen LogP contribution in [0, 0.1) is 11.3 Å². The standard InChI is InChI=1S/C27H26N4O4S/c1-2-34-23-8-4-3-7-19(23)9-12-25(32)31-26-22(15-28)21-11-10-20(14-24(21)36-26)35-27(33)30-17-18-6-5-13-29-16-18/h3-9,12-13,16,20H,2,10-11,14,17H2,1H3,(H,30,33)(H,31,32). The average Bonchev–Trinajstić information content (AvgIpc) is 3.23. The number of pyridine rings is 1. The molecule has 1 aromatic carbocycles. The fourth-order valence-electron chi connectivity index (χ4n) is 3.96. The number of anilines is 1. The molecule has 36 heavy (non-hydrogen) atoms. The van der Waals surface area contributed by atoms with Crippen LogP contribution in [0.5, 0.6) is 5.75 Å². The summed E-state index contributed by atoms with van der Waals surface area (Å²) in [5, 5.41) is 15.8. The Morgan fingerprint density at radius 3 is 2.92 bits per heavy atom. The minimum absolute atomic E-state index is 0.296. The van der Waals surface area contributed by atoms with E-state index in [4.69, 9.17) is 9.47 Å².